The lowest BCUT2D eigenvalue weighted by Gasteiger charge is -2.10. The summed E-state index contributed by atoms with van der Waals surface area (Å²) < 4.78 is 4.95. The third-order valence-corrected chi connectivity index (χ3v) is 4.66. The molecular formula is C24H32N4O4. The molecule has 0 saturated heterocycles. The first-order valence-corrected chi connectivity index (χ1v) is 10.8. The third kappa shape index (κ3) is 8.77. The van der Waals surface area contributed by atoms with E-state index in [4.69, 9.17) is 4.74 Å². The molecule has 3 amide bonds. The molecule has 2 rings (SSSR count). The van der Waals surface area contributed by atoms with Crippen molar-refractivity contribution in [1.29, 1.82) is 0 Å². The number of carbonyl (C=O) groups is 3. The lowest BCUT2D eigenvalue weighted by molar-refractivity contribution is -0.114. The summed E-state index contributed by atoms with van der Waals surface area (Å²) in [5.74, 6) is -0.483. The van der Waals surface area contributed by atoms with Crippen LogP contribution in [0.3, 0.4) is 0 Å². The molecule has 0 aliphatic heterocycles. The van der Waals surface area contributed by atoms with Crippen LogP contribution in [0.15, 0.2) is 48.5 Å². The molecule has 0 spiro atoms. The number of ether oxygens (including phenoxy) is 1. The van der Waals surface area contributed by atoms with Crippen LogP contribution in [0.5, 0.6) is 0 Å². The maximum Gasteiger partial charge on any atom is 0.251 e. The highest BCUT2D eigenvalue weighted by Crippen LogP contribution is 2.11. The summed E-state index contributed by atoms with van der Waals surface area (Å²) in [6.45, 7) is 3.95. The van der Waals surface area contributed by atoms with Crippen molar-refractivity contribution in [2.24, 2.45) is 0 Å². The number of methoxy groups -OCH3 is 1. The van der Waals surface area contributed by atoms with E-state index in [1.165, 1.54) is 0 Å². The molecule has 0 radical (unpaired) electrons. The van der Waals surface area contributed by atoms with E-state index < -0.39 is 0 Å². The minimum atomic E-state index is -0.217. The van der Waals surface area contributed by atoms with Gasteiger partial charge in [-0.05, 0) is 61.4 Å². The third-order valence-electron chi connectivity index (χ3n) is 4.66. The fraction of sp³-hybridized carbons (Fsp3) is 0.375. The first kappa shape index (κ1) is 24.9. The predicted octanol–water partition coefficient (Wildman–Crippen LogP) is 3.03. The zero-order valence-corrected chi connectivity index (χ0v) is 18.7. The normalized spacial score (nSPS) is 10.3. The van der Waals surface area contributed by atoms with Crippen molar-refractivity contribution in [2.45, 2.75) is 26.2 Å². The number of benzene rings is 2. The summed E-state index contributed by atoms with van der Waals surface area (Å²) in [5, 5.41) is 11.5. The molecule has 8 nitrogen and oxygen atoms in total. The van der Waals surface area contributed by atoms with Crippen molar-refractivity contribution >= 4 is 29.1 Å². The van der Waals surface area contributed by atoms with Crippen LogP contribution < -0.4 is 21.3 Å². The van der Waals surface area contributed by atoms with Crippen LogP contribution in [0.4, 0.5) is 11.4 Å². The van der Waals surface area contributed by atoms with E-state index in [2.05, 4.69) is 28.2 Å². The van der Waals surface area contributed by atoms with Gasteiger partial charge >= 0.3 is 0 Å². The Balaban J connectivity index is 1.75. The van der Waals surface area contributed by atoms with Crippen LogP contribution >= 0.6 is 0 Å². The molecule has 2 aromatic carbocycles. The molecule has 0 saturated carbocycles. The molecule has 0 aromatic heterocycles. The van der Waals surface area contributed by atoms with E-state index >= 15 is 0 Å². The van der Waals surface area contributed by atoms with Gasteiger partial charge in [0.25, 0.3) is 11.8 Å². The number of amides is 3. The zero-order valence-electron chi connectivity index (χ0n) is 18.7. The van der Waals surface area contributed by atoms with Crippen LogP contribution in [0.25, 0.3) is 0 Å². The Morgan fingerprint density at radius 1 is 0.781 bits per heavy atom. The predicted molar refractivity (Wildman–Crippen MR) is 126 cm³/mol. The van der Waals surface area contributed by atoms with Crippen molar-refractivity contribution in [2.75, 3.05) is 44.0 Å². The Kier molecular flexibility index (Phi) is 10.7. The molecule has 2 aromatic rings. The standard InChI is InChI=1S/C24H32N4O4/c1-3-4-14-25-23(30)19-8-12-21(13-9-19)28-22(29)17-27-20-10-6-18(7-11-20)24(31)26-15-5-16-32-2/h6-13,27H,3-5,14-17H2,1-2H3,(H,25,30)(H,26,31)(H,28,29). The second-order valence-corrected chi connectivity index (χ2v) is 7.27. The van der Waals surface area contributed by atoms with Crippen LogP contribution in [-0.2, 0) is 9.53 Å². The van der Waals surface area contributed by atoms with Crippen LogP contribution in [0.2, 0.25) is 0 Å². The van der Waals surface area contributed by atoms with Crippen LogP contribution in [0, 0.1) is 0 Å². The summed E-state index contributed by atoms with van der Waals surface area (Å²) in [6.07, 6.45) is 2.72. The van der Waals surface area contributed by atoms with E-state index in [9.17, 15) is 14.4 Å². The van der Waals surface area contributed by atoms with Crippen LogP contribution in [0.1, 0.15) is 46.9 Å². The molecule has 0 bridgehead atoms. The van der Waals surface area contributed by atoms with E-state index in [0.717, 1.165) is 24.9 Å². The maximum absolute atomic E-state index is 12.2. The molecule has 172 valence electrons. The number of hydrogen-bond acceptors (Lipinski definition) is 5. The molecule has 4 N–H and O–H groups in total. The average molecular weight is 441 g/mol. The molecule has 32 heavy (non-hydrogen) atoms. The monoisotopic (exact) mass is 440 g/mol. The second kappa shape index (κ2) is 13.8. The van der Waals surface area contributed by atoms with Crippen molar-refractivity contribution in [3.8, 4) is 0 Å². The molecular weight excluding hydrogens is 408 g/mol. The SMILES string of the molecule is CCCCNC(=O)c1ccc(NC(=O)CNc2ccc(C(=O)NCCCOC)cc2)cc1. The average Bonchev–Trinajstić information content (AvgIpc) is 2.81. The smallest absolute Gasteiger partial charge is 0.251 e. The number of carbonyl (C=O) groups excluding carboxylic acids is 3. The van der Waals surface area contributed by atoms with Gasteiger partial charge in [-0.25, -0.2) is 0 Å². The molecule has 0 aliphatic carbocycles. The quantitative estimate of drug-likeness (QED) is 0.358. The summed E-state index contributed by atoms with van der Waals surface area (Å²) in [7, 11) is 1.62. The minimum absolute atomic E-state index is 0.0712. The van der Waals surface area contributed by atoms with Gasteiger partial charge in [0.15, 0.2) is 0 Å². The van der Waals surface area contributed by atoms with E-state index in [0.29, 0.717) is 36.5 Å². The Labute approximate surface area is 189 Å². The number of anilines is 2. The van der Waals surface area contributed by atoms with Gasteiger partial charge in [0.1, 0.15) is 0 Å². The fourth-order valence-electron chi connectivity index (χ4n) is 2.83. The Bertz CT molecular complexity index is 867. The largest absolute Gasteiger partial charge is 0.385 e. The van der Waals surface area contributed by atoms with Gasteiger partial charge in [-0.15, -0.1) is 0 Å². The highest BCUT2D eigenvalue weighted by Gasteiger charge is 2.08. The first-order valence-electron chi connectivity index (χ1n) is 10.8. The molecule has 0 unspecified atom stereocenters. The van der Waals surface area contributed by atoms with E-state index in [1.54, 1.807) is 55.6 Å². The Morgan fingerprint density at radius 3 is 1.84 bits per heavy atom. The van der Waals surface area contributed by atoms with Gasteiger partial charge in [-0.1, -0.05) is 13.3 Å². The van der Waals surface area contributed by atoms with Gasteiger partial charge in [-0.2, -0.15) is 0 Å². The molecule has 0 atom stereocenters. The van der Waals surface area contributed by atoms with Crippen molar-refractivity contribution in [3.05, 3.63) is 59.7 Å². The summed E-state index contributed by atoms with van der Waals surface area (Å²) in [5.41, 5.74) is 2.45. The van der Waals surface area contributed by atoms with Crippen LogP contribution in [-0.4, -0.2) is 51.1 Å². The minimum Gasteiger partial charge on any atom is -0.385 e. The highest BCUT2D eigenvalue weighted by molar-refractivity contribution is 5.97. The van der Waals surface area contributed by atoms with Gasteiger partial charge in [-0.3, -0.25) is 14.4 Å². The lowest BCUT2D eigenvalue weighted by Crippen LogP contribution is -2.25. The summed E-state index contributed by atoms with van der Waals surface area (Å²) in [6, 6.07) is 13.7. The van der Waals surface area contributed by atoms with Crippen molar-refractivity contribution in [1.82, 2.24) is 10.6 Å². The van der Waals surface area contributed by atoms with Gasteiger partial charge in [0.05, 0.1) is 6.54 Å². The lowest BCUT2D eigenvalue weighted by atomic mass is 10.2. The van der Waals surface area contributed by atoms with E-state index in [-0.39, 0.29) is 24.3 Å². The topological polar surface area (TPSA) is 109 Å². The van der Waals surface area contributed by atoms with Crippen molar-refractivity contribution in [3.63, 3.8) is 0 Å². The zero-order chi connectivity index (χ0) is 23.2. The summed E-state index contributed by atoms with van der Waals surface area (Å²) in [4.78, 5) is 36.3. The Hall–Kier alpha value is -3.39. The number of nitrogens with one attached hydrogen (secondary N) is 4. The molecule has 0 aliphatic rings. The van der Waals surface area contributed by atoms with Gasteiger partial charge in [0.2, 0.25) is 5.91 Å². The van der Waals surface area contributed by atoms with Gasteiger partial charge in [0, 0.05) is 49.3 Å². The van der Waals surface area contributed by atoms with Crippen molar-refractivity contribution < 1.29 is 19.1 Å². The summed E-state index contributed by atoms with van der Waals surface area (Å²) >= 11 is 0. The van der Waals surface area contributed by atoms with Gasteiger partial charge < -0.3 is 26.0 Å². The first-order chi connectivity index (χ1) is 15.5. The maximum atomic E-state index is 12.2. The molecule has 8 heteroatoms. The van der Waals surface area contributed by atoms with E-state index in [1.807, 2.05) is 0 Å². The molecule has 0 fully saturated rings. The number of hydrogen-bond donors (Lipinski definition) is 4. The second-order valence-electron chi connectivity index (χ2n) is 7.27. The number of unbranched alkanes of at least 4 members (excludes halogenated alkanes) is 1. The highest BCUT2D eigenvalue weighted by atomic mass is 16.5. The number of rotatable bonds is 13. The molecule has 0 heterocycles. The Morgan fingerprint density at radius 2 is 1.31 bits per heavy atom. The fourth-order valence-corrected chi connectivity index (χ4v) is 2.83.